The van der Waals surface area contributed by atoms with Gasteiger partial charge in [0.1, 0.15) is 22.3 Å². The lowest BCUT2D eigenvalue weighted by Crippen LogP contribution is -2.03. The maximum absolute atomic E-state index is 13.9. The zero-order chi connectivity index (χ0) is 41.1. The molecule has 0 aliphatic rings. The number of aromatic nitrogens is 2. The molecule has 0 unspecified atom stereocenters. The maximum Gasteiger partial charge on any atom is 0.200 e. The van der Waals surface area contributed by atoms with Gasteiger partial charge in [-0.15, -0.1) is 0 Å². The van der Waals surface area contributed by atoms with Crippen molar-refractivity contribution in [3.8, 4) is 33.6 Å². The van der Waals surface area contributed by atoms with E-state index in [2.05, 4.69) is 118 Å². The first-order valence-corrected chi connectivity index (χ1v) is 20.7. The summed E-state index contributed by atoms with van der Waals surface area (Å²) in [5, 5.41) is 6.35. The minimum absolute atomic E-state index is 0.0612. The Morgan fingerprint density at radius 3 is 1.11 bits per heavy atom. The Morgan fingerprint density at radius 1 is 0.323 bits per heavy atom. The molecule has 0 bridgehead atoms. The highest BCUT2D eigenvalue weighted by molar-refractivity contribution is 6.33. The summed E-state index contributed by atoms with van der Waals surface area (Å²) in [6.45, 7) is 0. The Morgan fingerprint density at radius 2 is 0.677 bits per heavy atom. The van der Waals surface area contributed by atoms with Crippen LogP contribution in [0.3, 0.4) is 0 Å². The van der Waals surface area contributed by atoms with Gasteiger partial charge in [-0.3, -0.25) is 9.59 Å². The van der Waals surface area contributed by atoms with E-state index < -0.39 is 0 Å². The molecule has 0 radical (unpaired) electrons. The van der Waals surface area contributed by atoms with Crippen molar-refractivity contribution in [2.24, 2.45) is 0 Å². The molecule has 290 valence electrons. The van der Waals surface area contributed by atoms with Crippen LogP contribution in [0.2, 0.25) is 0 Å². The van der Waals surface area contributed by atoms with E-state index >= 15 is 0 Å². The van der Waals surface area contributed by atoms with Crippen molar-refractivity contribution in [1.82, 2.24) is 9.13 Å². The van der Waals surface area contributed by atoms with Crippen LogP contribution < -0.4 is 10.9 Å². The van der Waals surface area contributed by atoms with Gasteiger partial charge in [0.2, 0.25) is 10.9 Å². The molecule has 0 amide bonds. The Bertz CT molecular complexity index is 3870. The Hall–Kier alpha value is -8.48. The molecule has 62 heavy (non-hydrogen) atoms. The molecular formula is C56H32N2O4. The quantitative estimate of drug-likeness (QED) is 0.166. The SMILES string of the molecule is O=c1c2ccccc2oc2cc(-c3c4c5ccccc5n(-c5ccccc5)c4c(-c4ccc5c(=O)c6ccccc6oc5c4)c4c5ccccc5n(-c5ccccc5)c34)ccc12. The number of nitrogens with zero attached hydrogens (tertiary/aromatic N) is 2. The molecule has 13 rings (SSSR count). The lowest BCUT2D eigenvalue weighted by molar-refractivity contribution is 0.659. The largest absolute Gasteiger partial charge is 0.456 e. The molecule has 4 heterocycles. The maximum atomic E-state index is 13.9. The highest BCUT2D eigenvalue weighted by Gasteiger charge is 2.29. The van der Waals surface area contributed by atoms with E-state index in [-0.39, 0.29) is 10.9 Å². The second-order valence-corrected chi connectivity index (χ2v) is 15.8. The van der Waals surface area contributed by atoms with E-state index in [4.69, 9.17) is 8.83 Å². The van der Waals surface area contributed by atoms with E-state index in [0.717, 1.165) is 77.2 Å². The van der Waals surface area contributed by atoms with Gasteiger partial charge in [-0.2, -0.15) is 0 Å². The van der Waals surface area contributed by atoms with Crippen molar-refractivity contribution in [2.75, 3.05) is 0 Å². The first-order valence-electron chi connectivity index (χ1n) is 20.7. The average Bonchev–Trinajstić information content (AvgIpc) is 3.85. The van der Waals surface area contributed by atoms with Gasteiger partial charge < -0.3 is 18.0 Å². The molecule has 6 heteroatoms. The number of rotatable bonds is 4. The van der Waals surface area contributed by atoms with Crippen LogP contribution in [-0.4, -0.2) is 9.13 Å². The fraction of sp³-hybridized carbons (Fsp3) is 0. The lowest BCUT2D eigenvalue weighted by Gasteiger charge is -2.19. The summed E-state index contributed by atoms with van der Waals surface area (Å²) in [6.07, 6.45) is 0. The highest BCUT2D eigenvalue weighted by Crippen LogP contribution is 2.52. The average molecular weight is 797 g/mol. The molecule has 13 aromatic rings. The molecular weight excluding hydrogens is 765 g/mol. The van der Waals surface area contributed by atoms with Gasteiger partial charge in [0.15, 0.2) is 0 Å². The molecule has 0 aliphatic heterocycles. The van der Waals surface area contributed by atoms with Gasteiger partial charge in [0, 0.05) is 44.0 Å². The first kappa shape index (κ1) is 34.4. The van der Waals surface area contributed by atoms with Crippen molar-refractivity contribution in [3.05, 3.63) is 215 Å². The van der Waals surface area contributed by atoms with Crippen molar-refractivity contribution >= 4 is 87.5 Å². The highest BCUT2D eigenvalue weighted by atomic mass is 16.3. The smallest absolute Gasteiger partial charge is 0.200 e. The van der Waals surface area contributed by atoms with E-state index in [9.17, 15) is 9.59 Å². The summed E-state index contributed by atoms with van der Waals surface area (Å²) in [4.78, 5) is 27.9. The third kappa shape index (κ3) is 4.80. The van der Waals surface area contributed by atoms with Gasteiger partial charge in [0.25, 0.3) is 0 Å². The number of para-hydroxylation sites is 6. The fourth-order valence-corrected chi connectivity index (χ4v) is 9.86. The monoisotopic (exact) mass is 796 g/mol. The van der Waals surface area contributed by atoms with E-state index in [1.165, 1.54) is 0 Å². The zero-order valence-corrected chi connectivity index (χ0v) is 33.0. The van der Waals surface area contributed by atoms with Crippen LogP contribution in [0.5, 0.6) is 0 Å². The molecule has 0 saturated carbocycles. The first-order chi connectivity index (χ1) is 30.6. The Balaban J connectivity index is 1.30. The van der Waals surface area contributed by atoms with Crippen LogP contribution in [-0.2, 0) is 0 Å². The number of hydrogen-bond acceptors (Lipinski definition) is 4. The lowest BCUT2D eigenvalue weighted by atomic mass is 9.89. The van der Waals surface area contributed by atoms with E-state index in [1.807, 2.05) is 84.9 Å². The second kappa shape index (κ2) is 13.0. The van der Waals surface area contributed by atoms with Crippen LogP contribution in [0.1, 0.15) is 0 Å². The van der Waals surface area contributed by atoms with Crippen LogP contribution in [0.25, 0.3) is 121 Å². The number of fused-ring (bicyclic) bond motifs is 10. The van der Waals surface area contributed by atoms with Crippen LogP contribution in [0.4, 0.5) is 0 Å². The number of benzene rings is 9. The normalized spacial score (nSPS) is 12.0. The summed E-state index contributed by atoms with van der Waals surface area (Å²) >= 11 is 0. The van der Waals surface area contributed by atoms with Gasteiger partial charge in [-0.25, -0.2) is 0 Å². The molecule has 0 aliphatic carbocycles. The molecule has 0 fully saturated rings. The van der Waals surface area contributed by atoms with Gasteiger partial charge >= 0.3 is 0 Å². The van der Waals surface area contributed by atoms with Crippen molar-refractivity contribution in [1.29, 1.82) is 0 Å². The van der Waals surface area contributed by atoms with Crippen molar-refractivity contribution in [2.45, 2.75) is 0 Å². The molecule has 0 spiro atoms. The van der Waals surface area contributed by atoms with E-state index in [1.54, 1.807) is 0 Å². The van der Waals surface area contributed by atoms with E-state index in [0.29, 0.717) is 43.9 Å². The van der Waals surface area contributed by atoms with Crippen LogP contribution >= 0.6 is 0 Å². The van der Waals surface area contributed by atoms with Gasteiger partial charge in [-0.05, 0) is 96.1 Å². The topological polar surface area (TPSA) is 70.3 Å². The molecule has 0 saturated heterocycles. The number of hydrogen-bond donors (Lipinski definition) is 0. The summed E-state index contributed by atoms with van der Waals surface area (Å²) < 4.78 is 17.9. The minimum Gasteiger partial charge on any atom is -0.456 e. The van der Waals surface area contributed by atoms with Gasteiger partial charge in [-0.1, -0.05) is 109 Å². The summed E-state index contributed by atoms with van der Waals surface area (Å²) in [5.74, 6) is 0. The fourth-order valence-electron chi connectivity index (χ4n) is 9.86. The van der Waals surface area contributed by atoms with Crippen molar-refractivity contribution < 1.29 is 8.83 Å². The second-order valence-electron chi connectivity index (χ2n) is 15.8. The summed E-state index contributed by atoms with van der Waals surface area (Å²) in [6, 6.07) is 65.0. The predicted octanol–water partition coefficient (Wildman–Crippen LogP) is 13.7. The molecule has 6 nitrogen and oxygen atoms in total. The minimum atomic E-state index is -0.0612. The molecule has 0 N–H and O–H groups in total. The van der Waals surface area contributed by atoms with Crippen LogP contribution in [0, 0.1) is 0 Å². The molecule has 0 atom stereocenters. The Labute approximate surface area is 352 Å². The molecule has 9 aromatic carbocycles. The summed E-state index contributed by atoms with van der Waals surface area (Å²) in [7, 11) is 0. The third-order valence-corrected chi connectivity index (χ3v) is 12.5. The summed E-state index contributed by atoms with van der Waals surface area (Å²) in [5.41, 5.74) is 11.9. The van der Waals surface area contributed by atoms with Gasteiger partial charge in [0.05, 0.1) is 43.6 Å². The molecule has 4 aromatic heterocycles. The zero-order valence-electron chi connectivity index (χ0n) is 33.0. The predicted molar refractivity (Wildman–Crippen MR) is 253 cm³/mol. The third-order valence-electron chi connectivity index (χ3n) is 12.5. The van der Waals surface area contributed by atoms with Crippen LogP contribution in [0.15, 0.2) is 213 Å². The Kier molecular flexibility index (Phi) is 7.22. The van der Waals surface area contributed by atoms with Crippen molar-refractivity contribution in [3.63, 3.8) is 0 Å². The standard InChI is InChI=1S/C56H32N2O4/c59-55-39-21-9-13-25-45(39)61-47-31-33(27-29-41(47)55)49-52-38-20-8-12-24-44(38)58(36-17-5-2-6-18-36)54(52)50(34-28-30-42-48(32-34)62-46-26-14-10-22-40(46)56(42)60)51-37-19-7-11-23-43(37)57(53(49)51)35-15-3-1-4-16-35/h1-32H.